The average Bonchev–Trinajstić information content (AvgIpc) is 3.14. The van der Waals surface area contributed by atoms with Crippen molar-refractivity contribution in [2.75, 3.05) is 0 Å². The Morgan fingerprint density at radius 2 is 1.54 bits per heavy atom. The standard InChI is InChI=1S/C34H60O2Si/c1-22(2)23(3)12-13-24(4)27-14-15-28-26-21-31(35)30-20-25(36-37(10,11)32(5,6)7)16-18-34(30,9)29(26)17-19-33(27,28)8/h12-13,22-30H,14-21H2,1-11H3/b13-12-/t23-,24+,25+,26-,27+,28-,29-,30+,33+,34+/m0/s1. The predicted octanol–water partition coefficient (Wildman–Crippen LogP) is 9.70. The lowest BCUT2D eigenvalue weighted by Crippen LogP contribution is -2.58. The monoisotopic (exact) mass is 528 g/mol. The molecule has 0 aliphatic heterocycles. The largest absolute Gasteiger partial charge is 0.414 e. The van der Waals surface area contributed by atoms with Gasteiger partial charge in [-0.1, -0.05) is 74.5 Å². The Labute approximate surface area is 231 Å². The van der Waals surface area contributed by atoms with Crippen molar-refractivity contribution < 1.29 is 9.22 Å². The second-order valence-electron chi connectivity index (χ2n) is 16.5. The topological polar surface area (TPSA) is 26.3 Å². The zero-order valence-corrected chi connectivity index (χ0v) is 27.3. The lowest BCUT2D eigenvalue weighted by Gasteiger charge is -2.61. The molecule has 0 bridgehead atoms. The minimum atomic E-state index is -1.81. The van der Waals surface area contributed by atoms with Gasteiger partial charge in [-0.05, 0) is 115 Å². The van der Waals surface area contributed by atoms with E-state index in [2.05, 4.69) is 87.6 Å². The molecule has 4 fully saturated rings. The fraction of sp³-hybridized carbons (Fsp3) is 0.912. The molecule has 212 valence electrons. The lowest BCUT2D eigenvalue weighted by molar-refractivity contribution is -0.159. The number of rotatable bonds is 6. The molecule has 0 heterocycles. The molecule has 3 heteroatoms. The van der Waals surface area contributed by atoms with Crippen molar-refractivity contribution in [2.45, 2.75) is 138 Å². The zero-order chi connectivity index (χ0) is 27.6. The van der Waals surface area contributed by atoms with E-state index in [1.54, 1.807) is 0 Å². The van der Waals surface area contributed by atoms with Crippen molar-refractivity contribution >= 4 is 14.1 Å². The van der Waals surface area contributed by atoms with Crippen molar-refractivity contribution in [1.29, 1.82) is 0 Å². The van der Waals surface area contributed by atoms with Crippen molar-refractivity contribution in [2.24, 2.45) is 58.2 Å². The molecule has 0 N–H and O–H groups in total. The smallest absolute Gasteiger partial charge is 0.192 e. The molecular weight excluding hydrogens is 468 g/mol. The highest BCUT2D eigenvalue weighted by Gasteiger charge is 2.62. The first-order valence-corrected chi connectivity index (χ1v) is 18.8. The highest BCUT2D eigenvalue weighted by atomic mass is 28.4. The van der Waals surface area contributed by atoms with Crippen LogP contribution in [0, 0.1) is 58.2 Å². The first-order chi connectivity index (χ1) is 17.0. The Morgan fingerprint density at radius 1 is 0.919 bits per heavy atom. The van der Waals surface area contributed by atoms with Crippen LogP contribution in [0.25, 0.3) is 0 Å². The summed E-state index contributed by atoms with van der Waals surface area (Å²) in [5, 5.41) is 0.224. The van der Waals surface area contributed by atoms with Crippen LogP contribution in [-0.4, -0.2) is 20.2 Å². The Morgan fingerprint density at radius 3 is 2.16 bits per heavy atom. The van der Waals surface area contributed by atoms with Gasteiger partial charge in [-0.25, -0.2) is 0 Å². The minimum absolute atomic E-state index is 0.185. The van der Waals surface area contributed by atoms with E-state index in [-0.39, 0.29) is 22.5 Å². The lowest BCUT2D eigenvalue weighted by atomic mass is 9.44. The number of ketones is 1. The van der Waals surface area contributed by atoms with Crippen LogP contribution >= 0.6 is 0 Å². The second kappa shape index (κ2) is 10.2. The Bertz CT molecular complexity index is 868. The second-order valence-corrected chi connectivity index (χ2v) is 21.2. The van der Waals surface area contributed by atoms with Crippen LogP contribution in [0.4, 0.5) is 0 Å². The van der Waals surface area contributed by atoms with Crippen LogP contribution in [0.2, 0.25) is 18.1 Å². The summed E-state index contributed by atoms with van der Waals surface area (Å²) < 4.78 is 6.88. The van der Waals surface area contributed by atoms with E-state index >= 15 is 0 Å². The number of carbonyl (C=O) groups excluding carboxylic acids is 1. The highest BCUT2D eigenvalue weighted by Crippen LogP contribution is 2.68. The molecule has 0 spiro atoms. The maximum atomic E-state index is 13.9. The maximum Gasteiger partial charge on any atom is 0.192 e. The molecule has 4 saturated carbocycles. The molecule has 10 atom stereocenters. The van der Waals surface area contributed by atoms with Crippen LogP contribution in [0.5, 0.6) is 0 Å². The summed E-state index contributed by atoms with van der Waals surface area (Å²) in [7, 11) is -1.81. The molecule has 0 aromatic carbocycles. The van der Waals surface area contributed by atoms with E-state index < -0.39 is 8.32 Å². The van der Waals surface area contributed by atoms with Crippen LogP contribution < -0.4 is 0 Å². The molecule has 4 aliphatic carbocycles. The van der Waals surface area contributed by atoms with E-state index in [9.17, 15) is 4.79 Å². The first-order valence-electron chi connectivity index (χ1n) is 15.9. The fourth-order valence-corrected chi connectivity index (χ4v) is 10.7. The van der Waals surface area contributed by atoms with E-state index in [0.29, 0.717) is 34.9 Å². The number of hydrogen-bond acceptors (Lipinski definition) is 2. The van der Waals surface area contributed by atoms with E-state index in [1.807, 2.05) is 0 Å². The van der Waals surface area contributed by atoms with Crippen LogP contribution in [0.15, 0.2) is 12.2 Å². The Hall–Kier alpha value is -0.413. The molecule has 2 nitrogen and oxygen atoms in total. The molecule has 0 aromatic rings. The fourth-order valence-electron chi connectivity index (χ4n) is 9.32. The molecule has 37 heavy (non-hydrogen) atoms. The summed E-state index contributed by atoms with van der Waals surface area (Å²) in [6.07, 6.45) is 14.9. The summed E-state index contributed by atoms with van der Waals surface area (Å²) in [5.41, 5.74) is 0.586. The Balaban J connectivity index is 1.49. The van der Waals surface area contributed by atoms with Gasteiger partial charge < -0.3 is 4.43 Å². The minimum Gasteiger partial charge on any atom is -0.414 e. The van der Waals surface area contributed by atoms with Crippen LogP contribution in [0.1, 0.15) is 114 Å². The van der Waals surface area contributed by atoms with Crippen molar-refractivity contribution in [3.8, 4) is 0 Å². The summed E-state index contributed by atoms with van der Waals surface area (Å²) in [6.45, 7) is 26.4. The molecular formula is C34H60O2Si. The van der Waals surface area contributed by atoms with Crippen LogP contribution in [0.3, 0.4) is 0 Å². The van der Waals surface area contributed by atoms with Gasteiger partial charge in [0.25, 0.3) is 0 Å². The summed E-state index contributed by atoms with van der Waals surface area (Å²) in [4.78, 5) is 13.9. The number of allylic oxidation sites excluding steroid dienone is 2. The molecule has 0 unspecified atom stereocenters. The van der Waals surface area contributed by atoms with Crippen molar-refractivity contribution in [3.63, 3.8) is 0 Å². The predicted molar refractivity (Wildman–Crippen MR) is 160 cm³/mol. The number of hydrogen-bond donors (Lipinski definition) is 0. The SMILES string of the molecule is CC(C)[C@@H](C)/C=C\[C@@H](C)[C@H]1CC[C@H]2[C@@H]3CC(=O)[C@H]4C[C@H](O[Si](C)(C)C(C)(C)C)CC[C@]4(C)[C@H]3CC[C@]12C. The van der Waals surface area contributed by atoms with Gasteiger partial charge in [0.05, 0.1) is 0 Å². The van der Waals surface area contributed by atoms with Gasteiger partial charge >= 0.3 is 0 Å². The number of fused-ring (bicyclic) bond motifs is 5. The zero-order valence-electron chi connectivity index (χ0n) is 26.3. The maximum absolute atomic E-state index is 13.9. The van der Waals surface area contributed by atoms with Gasteiger partial charge in [-0.3, -0.25) is 4.79 Å². The van der Waals surface area contributed by atoms with Gasteiger partial charge in [0.1, 0.15) is 5.78 Å². The van der Waals surface area contributed by atoms with Gasteiger partial charge in [-0.15, -0.1) is 0 Å². The third-order valence-corrected chi connectivity index (χ3v) is 17.7. The molecule has 4 aliphatic rings. The summed E-state index contributed by atoms with van der Waals surface area (Å²) >= 11 is 0. The summed E-state index contributed by atoms with van der Waals surface area (Å²) in [5.74, 6) is 5.63. The third-order valence-electron chi connectivity index (χ3n) is 13.2. The van der Waals surface area contributed by atoms with Gasteiger partial charge in [-0.2, -0.15) is 0 Å². The normalized spacial score (nSPS) is 42.4. The Kier molecular flexibility index (Phi) is 8.16. The molecule has 0 saturated heterocycles. The molecule has 0 aromatic heterocycles. The molecule has 0 radical (unpaired) electrons. The number of Topliss-reactive ketones (excluding diaryl/α,β-unsaturated/α-hetero) is 1. The average molecular weight is 529 g/mol. The summed E-state index contributed by atoms with van der Waals surface area (Å²) in [6, 6.07) is 0. The van der Waals surface area contributed by atoms with E-state index in [1.165, 1.54) is 32.1 Å². The molecule has 0 amide bonds. The van der Waals surface area contributed by atoms with Gasteiger partial charge in [0, 0.05) is 18.4 Å². The van der Waals surface area contributed by atoms with E-state index in [4.69, 9.17) is 4.43 Å². The highest BCUT2D eigenvalue weighted by molar-refractivity contribution is 6.74. The quantitative estimate of drug-likeness (QED) is 0.253. The third kappa shape index (κ3) is 5.23. The van der Waals surface area contributed by atoms with Gasteiger partial charge in [0.15, 0.2) is 8.32 Å². The first kappa shape index (κ1) is 29.6. The van der Waals surface area contributed by atoms with Crippen molar-refractivity contribution in [3.05, 3.63) is 12.2 Å². The van der Waals surface area contributed by atoms with E-state index in [0.717, 1.165) is 37.0 Å². The number of carbonyl (C=O) groups is 1. The van der Waals surface area contributed by atoms with Gasteiger partial charge in [0.2, 0.25) is 0 Å². The van der Waals surface area contributed by atoms with Crippen molar-refractivity contribution in [1.82, 2.24) is 0 Å². The van der Waals surface area contributed by atoms with Crippen LogP contribution in [-0.2, 0) is 9.22 Å². The molecule has 4 rings (SSSR count).